The van der Waals surface area contributed by atoms with Gasteiger partial charge >= 0.3 is 17.9 Å². The number of carbonyl (C=O) groups excluding carboxylic acids is 1. The second-order valence-electron chi connectivity index (χ2n) is 15.5. The minimum absolute atomic E-state index is 0.0496. The lowest BCUT2D eigenvalue weighted by molar-refractivity contribution is -0.593. The number of hydrogen-bond acceptors (Lipinski definition) is 6. The van der Waals surface area contributed by atoms with Crippen LogP contribution < -0.4 is 21.3 Å². The van der Waals surface area contributed by atoms with Gasteiger partial charge in [-0.2, -0.15) is 0 Å². The maximum Gasteiger partial charge on any atom is 0.351 e. The van der Waals surface area contributed by atoms with Gasteiger partial charge < -0.3 is 4.74 Å². The van der Waals surface area contributed by atoms with E-state index in [0.29, 0.717) is 24.2 Å². The zero-order valence-electron chi connectivity index (χ0n) is 29.0. The highest BCUT2D eigenvalue weighted by Crippen LogP contribution is 2.35. The fourth-order valence-electron chi connectivity index (χ4n) is 9.57. The van der Waals surface area contributed by atoms with Crippen molar-refractivity contribution >= 4 is 17.9 Å². The molecule has 0 radical (unpaired) electrons. The quantitative estimate of drug-likeness (QED) is 0.0989. The van der Waals surface area contributed by atoms with Crippen molar-refractivity contribution in [3.8, 4) is 0 Å². The van der Waals surface area contributed by atoms with E-state index in [1.807, 2.05) is 0 Å². The van der Waals surface area contributed by atoms with Gasteiger partial charge in [-0.25, -0.2) is 10.1 Å². The molecule has 0 unspecified atom stereocenters. The number of nitrogens with zero attached hydrogens (tertiary/aromatic N) is 2. The van der Waals surface area contributed by atoms with Crippen LogP contribution in [0.3, 0.4) is 0 Å². The van der Waals surface area contributed by atoms with E-state index in [1.54, 1.807) is 0 Å². The first-order chi connectivity index (χ1) is 21.9. The zero-order chi connectivity index (χ0) is 31.3. The highest BCUT2D eigenvalue weighted by molar-refractivity contribution is 5.93. The summed E-state index contributed by atoms with van der Waals surface area (Å²) in [6, 6.07) is 3.83. The molecule has 252 valence electrons. The number of nitrogens with one attached hydrogen (secondary N) is 4. The van der Waals surface area contributed by atoms with Crippen LogP contribution >= 0.6 is 0 Å². The molecular weight excluding hydrogens is 560 g/mol. The molecule has 0 aromatic carbocycles. The van der Waals surface area contributed by atoms with Crippen LogP contribution in [-0.2, 0) is 9.53 Å². The number of rotatable bonds is 16. The van der Waals surface area contributed by atoms with E-state index in [2.05, 4.69) is 58.1 Å². The standard InChI is InChI=1S/C37H62N6O2/c1-5-6-7-8-9-10-13-16-29-24-32-20-21-33-34(27(4)39-37(41-29)43(32)33)35(44)45-26(3)15-12-11-14-17-28-23-31-19-18-30-22-25(2)38-36(40-28)42(30)31/h25-26,28-33H,5-24H2,1-4H3,(H2,38,39,40,41,44)/p+2/t25-,26+,28+,29+,30+,31-,32-,33-/m0/s1. The van der Waals surface area contributed by atoms with E-state index in [1.165, 1.54) is 109 Å². The van der Waals surface area contributed by atoms with Crippen molar-refractivity contribution in [2.24, 2.45) is 0 Å². The SMILES string of the molecule is CCCCCCCCC[C@@H]1C[C@@H]2CC[C@H]3C(C(=O)O[C@H](C)CCCCC[C@@H]4C[C@@H]5CC[C@@H]6C[C@H](C)NC(=[N+]65)N4)=C(C)NC(=[N+]23)N1. The maximum atomic E-state index is 13.5. The van der Waals surface area contributed by atoms with Gasteiger partial charge in [0.1, 0.15) is 11.6 Å². The zero-order valence-corrected chi connectivity index (χ0v) is 29.0. The van der Waals surface area contributed by atoms with Crippen molar-refractivity contribution < 1.29 is 18.7 Å². The molecule has 0 saturated carbocycles. The Hall–Kier alpha value is -2.25. The van der Waals surface area contributed by atoms with E-state index < -0.39 is 0 Å². The fraction of sp³-hybridized carbons (Fsp3) is 0.865. The van der Waals surface area contributed by atoms with Crippen LogP contribution in [0.15, 0.2) is 11.3 Å². The maximum absolute atomic E-state index is 13.5. The number of esters is 1. The highest BCUT2D eigenvalue weighted by Gasteiger charge is 2.48. The number of allylic oxidation sites excluding steroid dienone is 1. The summed E-state index contributed by atoms with van der Waals surface area (Å²) in [5.41, 5.74) is 1.83. The van der Waals surface area contributed by atoms with Gasteiger partial charge in [-0.05, 0) is 72.1 Å². The van der Waals surface area contributed by atoms with Crippen molar-refractivity contribution in [1.29, 1.82) is 0 Å². The number of guanidine groups is 2. The Morgan fingerprint density at radius 2 is 1.38 bits per heavy atom. The highest BCUT2D eigenvalue weighted by atomic mass is 16.5. The van der Waals surface area contributed by atoms with Crippen LogP contribution in [0.2, 0.25) is 0 Å². The van der Waals surface area contributed by atoms with E-state index in [9.17, 15) is 4.79 Å². The van der Waals surface area contributed by atoms with Crippen LogP contribution in [0.1, 0.15) is 156 Å². The molecule has 8 nitrogen and oxygen atoms in total. The minimum Gasteiger partial charge on any atom is -0.459 e. The molecule has 0 aliphatic carbocycles. The lowest BCUT2D eigenvalue weighted by Gasteiger charge is -2.35. The Bertz CT molecular complexity index is 1150. The molecule has 45 heavy (non-hydrogen) atoms. The molecule has 2 fully saturated rings. The Kier molecular flexibility index (Phi) is 11.0. The van der Waals surface area contributed by atoms with Crippen LogP contribution in [0.5, 0.6) is 0 Å². The molecule has 0 aromatic heterocycles. The number of hydrogen-bond donors (Lipinski definition) is 4. The molecule has 0 aromatic rings. The molecule has 0 spiro atoms. The number of ether oxygens (including phenoxy) is 1. The lowest BCUT2D eigenvalue weighted by atomic mass is 9.97. The first kappa shape index (κ1) is 32.7. The first-order valence-electron chi connectivity index (χ1n) is 19.2. The molecule has 0 amide bonds. The topological polar surface area (TPSA) is 80.4 Å². The van der Waals surface area contributed by atoms with Crippen LogP contribution in [0, 0.1) is 0 Å². The van der Waals surface area contributed by atoms with Gasteiger partial charge in [0, 0.05) is 19.3 Å². The number of carbonyl (C=O) groups is 1. The average Bonchev–Trinajstić information content (AvgIpc) is 3.61. The summed E-state index contributed by atoms with van der Waals surface area (Å²) >= 11 is 0. The Morgan fingerprint density at radius 3 is 2.11 bits per heavy atom. The monoisotopic (exact) mass is 625 g/mol. The largest absolute Gasteiger partial charge is 0.459 e. The fourth-order valence-corrected chi connectivity index (χ4v) is 9.57. The second kappa shape index (κ2) is 15.1. The van der Waals surface area contributed by atoms with Crippen LogP contribution in [-0.4, -0.2) is 75.4 Å². The second-order valence-corrected chi connectivity index (χ2v) is 15.5. The van der Waals surface area contributed by atoms with Gasteiger partial charge in [-0.3, -0.25) is 25.1 Å². The van der Waals surface area contributed by atoms with Gasteiger partial charge in [-0.1, -0.05) is 64.7 Å². The van der Waals surface area contributed by atoms with E-state index in [-0.39, 0.29) is 18.1 Å². The van der Waals surface area contributed by atoms with Crippen molar-refractivity contribution in [3.05, 3.63) is 11.3 Å². The summed E-state index contributed by atoms with van der Waals surface area (Å²) in [6.45, 7) is 8.74. The van der Waals surface area contributed by atoms with Gasteiger partial charge in [0.05, 0.1) is 48.1 Å². The average molecular weight is 625 g/mol. The van der Waals surface area contributed by atoms with Crippen molar-refractivity contribution in [2.75, 3.05) is 0 Å². The summed E-state index contributed by atoms with van der Waals surface area (Å²) in [6.07, 6.45) is 25.1. The van der Waals surface area contributed by atoms with Crippen molar-refractivity contribution in [2.45, 2.75) is 205 Å². The van der Waals surface area contributed by atoms with Crippen LogP contribution in [0.25, 0.3) is 0 Å². The van der Waals surface area contributed by atoms with Gasteiger partial charge in [0.25, 0.3) is 0 Å². The van der Waals surface area contributed by atoms with E-state index in [4.69, 9.17) is 4.74 Å². The van der Waals surface area contributed by atoms with E-state index in [0.717, 1.165) is 55.0 Å². The number of unbranched alkanes of at least 4 members (excludes halogenated alkanes) is 8. The van der Waals surface area contributed by atoms with Gasteiger partial charge in [0.15, 0.2) is 0 Å². The molecule has 6 heterocycles. The first-order valence-corrected chi connectivity index (χ1v) is 19.2. The predicted molar refractivity (Wildman–Crippen MR) is 182 cm³/mol. The molecule has 6 aliphatic rings. The van der Waals surface area contributed by atoms with Gasteiger partial charge in [0.2, 0.25) is 0 Å². The molecule has 0 bridgehead atoms. The third-order valence-electron chi connectivity index (χ3n) is 11.8. The molecule has 4 N–H and O–H groups in total. The molecular formula is C37H64N6O2+2. The van der Waals surface area contributed by atoms with Gasteiger partial charge in [-0.15, -0.1) is 0 Å². The normalized spacial score (nSPS) is 32.3. The summed E-state index contributed by atoms with van der Waals surface area (Å²) < 4.78 is 11.2. The minimum atomic E-state index is -0.112. The molecule has 2 saturated heterocycles. The molecule has 8 heteroatoms. The molecule has 6 aliphatic heterocycles. The molecule has 6 rings (SSSR count). The summed E-state index contributed by atoms with van der Waals surface area (Å²) in [5.74, 6) is 2.32. The van der Waals surface area contributed by atoms with Crippen molar-refractivity contribution in [1.82, 2.24) is 21.3 Å². The predicted octanol–water partition coefficient (Wildman–Crippen LogP) is 5.79. The summed E-state index contributed by atoms with van der Waals surface area (Å²) in [4.78, 5) is 13.5. The Labute approximate surface area is 273 Å². The third kappa shape index (κ3) is 7.67. The van der Waals surface area contributed by atoms with Crippen LogP contribution in [0.4, 0.5) is 0 Å². The Balaban J connectivity index is 0.903. The lowest BCUT2D eigenvalue weighted by Crippen LogP contribution is -2.61. The molecule has 8 atom stereocenters. The summed E-state index contributed by atoms with van der Waals surface area (Å²) in [5, 5.41) is 15.0. The van der Waals surface area contributed by atoms with E-state index >= 15 is 0 Å². The summed E-state index contributed by atoms with van der Waals surface area (Å²) in [7, 11) is 0. The Morgan fingerprint density at radius 1 is 0.778 bits per heavy atom. The van der Waals surface area contributed by atoms with Crippen molar-refractivity contribution in [3.63, 3.8) is 0 Å². The third-order valence-corrected chi connectivity index (χ3v) is 11.8. The smallest absolute Gasteiger partial charge is 0.351 e.